The summed E-state index contributed by atoms with van der Waals surface area (Å²) >= 11 is 1.55. The van der Waals surface area contributed by atoms with E-state index in [4.69, 9.17) is 24.2 Å². The van der Waals surface area contributed by atoms with Gasteiger partial charge < -0.3 is 29.7 Å². The molecular formula is C42H55N7O9S2. The predicted octanol–water partition coefficient (Wildman–Crippen LogP) is 5.10. The van der Waals surface area contributed by atoms with Crippen molar-refractivity contribution in [3.8, 4) is 16.6 Å². The lowest BCUT2D eigenvalue weighted by atomic mass is 10.0. The molecule has 18 heteroatoms. The van der Waals surface area contributed by atoms with Crippen molar-refractivity contribution in [3.63, 3.8) is 0 Å². The molecule has 16 nitrogen and oxygen atoms in total. The van der Waals surface area contributed by atoms with Gasteiger partial charge >= 0.3 is 6.09 Å². The fourth-order valence-corrected chi connectivity index (χ4v) is 10.6. The van der Waals surface area contributed by atoms with Gasteiger partial charge in [-0.25, -0.2) is 18.2 Å². The van der Waals surface area contributed by atoms with E-state index in [1.807, 2.05) is 48.8 Å². The summed E-state index contributed by atoms with van der Waals surface area (Å²) in [6.07, 6.45) is 6.22. The lowest BCUT2D eigenvalue weighted by molar-refractivity contribution is -0.141. The number of carbonyl (C=O) groups excluding carboxylic acids is 4. The molecule has 324 valence electrons. The number of allylic oxidation sites excluding steroid dienone is 1. The SMILES string of the molecule is CC(C)c1csc(-c2cccc3c2nc(O[C@@H]2C[C@H]4C(=O)N[C@]5(C(=O)NS(=O)(=O)C6(C)CC6)C[C@H]5/C=C\CCCCC[C@H](NC(=O)OC5COC5)C(=O)N4C2)n3C(C)C)n1. The molecule has 4 amide bonds. The number of hydrogen-bond acceptors (Lipinski definition) is 12. The van der Waals surface area contributed by atoms with E-state index in [0.717, 1.165) is 34.6 Å². The third-order valence-corrected chi connectivity index (χ3v) is 15.5. The maximum Gasteiger partial charge on any atom is 0.408 e. The molecule has 0 radical (unpaired) electrons. The van der Waals surface area contributed by atoms with Gasteiger partial charge in [0.1, 0.15) is 34.3 Å². The first-order valence-corrected chi connectivity index (χ1v) is 23.5. The molecule has 2 aliphatic carbocycles. The van der Waals surface area contributed by atoms with Crippen molar-refractivity contribution in [2.24, 2.45) is 5.92 Å². The number of amides is 4. The number of alkyl carbamates (subject to hydrolysis) is 1. The lowest BCUT2D eigenvalue weighted by Crippen LogP contribution is -2.58. The summed E-state index contributed by atoms with van der Waals surface area (Å²) in [4.78, 5) is 67.7. The highest BCUT2D eigenvalue weighted by Crippen LogP contribution is 2.48. The van der Waals surface area contributed by atoms with Crippen LogP contribution in [0.4, 0.5) is 4.79 Å². The molecule has 3 aromatic rings. The van der Waals surface area contributed by atoms with E-state index in [1.54, 1.807) is 18.3 Å². The molecule has 3 N–H and O–H groups in total. The van der Waals surface area contributed by atoms with Crippen molar-refractivity contribution < 1.29 is 41.8 Å². The van der Waals surface area contributed by atoms with Crippen LogP contribution in [0.3, 0.4) is 0 Å². The van der Waals surface area contributed by atoms with Crippen molar-refractivity contribution in [2.45, 2.75) is 139 Å². The fourth-order valence-electron chi connectivity index (χ4n) is 8.23. The Labute approximate surface area is 354 Å². The zero-order chi connectivity index (χ0) is 42.6. The third kappa shape index (κ3) is 8.26. The average Bonchev–Trinajstić information content (AvgIpc) is 3.84. The Kier molecular flexibility index (Phi) is 11.5. The quantitative estimate of drug-likeness (QED) is 0.229. The summed E-state index contributed by atoms with van der Waals surface area (Å²) in [6.45, 7) is 10.4. The maximum absolute atomic E-state index is 14.7. The maximum atomic E-state index is 14.7. The summed E-state index contributed by atoms with van der Waals surface area (Å²) in [6, 6.07) is 4.03. The molecule has 4 fully saturated rings. The number of para-hydroxylation sites is 1. The van der Waals surface area contributed by atoms with Crippen LogP contribution >= 0.6 is 11.3 Å². The number of imidazole rings is 1. The first-order chi connectivity index (χ1) is 28.6. The Balaban J connectivity index is 1.11. The van der Waals surface area contributed by atoms with E-state index >= 15 is 0 Å². The fraction of sp³-hybridized carbons (Fsp3) is 0.619. The number of sulfonamides is 1. The minimum absolute atomic E-state index is 0.0196. The van der Waals surface area contributed by atoms with Gasteiger partial charge in [0, 0.05) is 29.3 Å². The molecule has 1 aromatic carbocycles. The summed E-state index contributed by atoms with van der Waals surface area (Å²) < 4.78 is 47.0. The molecule has 60 heavy (non-hydrogen) atoms. The van der Waals surface area contributed by atoms with E-state index in [1.165, 1.54) is 4.90 Å². The van der Waals surface area contributed by atoms with E-state index in [-0.39, 0.29) is 44.6 Å². The number of rotatable bonds is 10. The van der Waals surface area contributed by atoms with Crippen LogP contribution in [0.25, 0.3) is 21.6 Å². The molecule has 5 heterocycles. The number of carbonyl (C=O) groups is 4. The van der Waals surface area contributed by atoms with Crippen molar-refractivity contribution in [1.82, 2.24) is 34.8 Å². The van der Waals surface area contributed by atoms with Crippen molar-refractivity contribution in [3.05, 3.63) is 41.4 Å². The monoisotopic (exact) mass is 865 g/mol. The minimum Gasteiger partial charge on any atom is -0.459 e. The zero-order valence-corrected chi connectivity index (χ0v) is 36.4. The highest BCUT2D eigenvalue weighted by atomic mass is 32.2. The molecule has 2 aromatic heterocycles. The van der Waals surface area contributed by atoms with Gasteiger partial charge in [-0.2, -0.15) is 4.98 Å². The number of ether oxygens (including phenoxy) is 3. The van der Waals surface area contributed by atoms with E-state index in [9.17, 15) is 27.6 Å². The zero-order valence-electron chi connectivity index (χ0n) is 34.8. The van der Waals surface area contributed by atoms with Crippen molar-refractivity contribution in [1.29, 1.82) is 0 Å². The van der Waals surface area contributed by atoms with Crippen molar-refractivity contribution >= 4 is 56.2 Å². The van der Waals surface area contributed by atoms with Gasteiger partial charge in [-0.15, -0.1) is 11.3 Å². The first-order valence-electron chi connectivity index (χ1n) is 21.1. The van der Waals surface area contributed by atoms with Gasteiger partial charge in [0.15, 0.2) is 6.10 Å². The molecule has 0 spiro atoms. The van der Waals surface area contributed by atoms with Crippen LogP contribution in [0.15, 0.2) is 35.7 Å². The van der Waals surface area contributed by atoms with Gasteiger partial charge in [-0.3, -0.25) is 23.7 Å². The molecule has 5 atom stereocenters. The molecular weight excluding hydrogens is 811 g/mol. The second-order valence-corrected chi connectivity index (χ2v) is 20.8. The van der Waals surface area contributed by atoms with Crippen LogP contribution in [0.2, 0.25) is 0 Å². The summed E-state index contributed by atoms with van der Waals surface area (Å²) in [5.74, 6) is -2.09. The molecule has 8 rings (SSSR count). The van der Waals surface area contributed by atoms with Crippen LogP contribution in [0.1, 0.15) is 110 Å². The topological polar surface area (TPSA) is 200 Å². The smallest absolute Gasteiger partial charge is 0.408 e. The average molecular weight is 866 g/mol. The molecule has 0 bridgehead atoms. The van der Waals surface area contributed by atoms with Gasteiger partial charge in [0.25, 0.3) is 11.9 Å². The third-order valence-electron chi connectivity index (χ3n) is 12.5. The summed E-state index contributed by atoms with van der Waals surface area (Å²) in [5, 5.41) is 8.58. The Hall–Kier alpha value is -4.55. The number of nitrogens with zero attached hydrogens (tertiary/aromatic N) is 4. The number of fused-ring (bicyclic) bond motifs is 3. The number of nitrogens with one attached hydrogen (secondary N) is 3. The Morgan fingerprint density at radius 1 is 1.07 bits per heavy atom. The number of aromatic nitrogens is 3. The van der Waals surface area contributed by atoms with Gasteiger partial charge in [0.2, 0.25) is 21.8 Å². The van der Waals surface area contributed by atoms with Gasteiger partial charge in [-0.05, 0) is 77.3 Å². The molecule has 5 aliphatic rings. The largest absolute Gasteiger partial charge is 0.459 e. The molecule has 3 aliphatic heterocycles. The van der Waals surface area contributed by atoms with Gasteiger partial charge in [0.05, 0.1) is 35.7 Å². The first kappa shape index (κ1) is 42.2. The van der Waals surface area contributed by atoms with Crippen LogP contribution in [-0.2, 0) is 33.9 Å². The van der Waals surface area contributed by atoms with Crippen LogP contribution in [0, 0.1) is 5.92 Å². The number of benzene rings is 1. The lowest BCUT2D eigenvalue weighted by Gasteiger charge is -2.31. The van der Waals surface area contributed by atoms with Gasteiger partial charge in [-0.1, -0.05) is 44.9 Å². The highest BCUT2D eigenvalue weighted by molar-refractivity contribution is 7.91. The molecule has 2 saturated carbocycles. The number of hydrogen-bond donors (Lipinski definition) is 3. The van der Waals surface area contributed by atoms with E-state index in [0.29, 0.717) is 43.6 Å². The predicted molar refractivity (Wildman–Crippen MR) is 224 cm³/mol. The Bertz CT molecular complexity index is 2300. The van der Waals surface area contributed by atoms with E-state index < -0.39 is 74.3 Å². The highest BCUT2D eigenvalue weighted by Gasteiger charge is 2.63. The normalized spacial score (nSPS) is 27.6. The summed E-state index contributed by atoms with van der Waals surface area (Å²) in [7, 11) is -4.00. The molecule has 0 unspecified atom stereocenters. The van der Waals surface area contributed by atoms with Crippen molar-refractivity contribution in [2.75, 3.05) is 19.8 Å². The summed E-state index contributed by atoms with van der Waals surface area (Å²) in [5.41, 5.74) is 1.89. The minimum atomic E-state index is -4.00. The second kappa shape index (κ2) is 16.4. The van der Waals surface area contributed by atoms with E-state index in [2.05, 4.69) is 34.6 Å². The van der Waals surface area contributed by atoms with Crippen LogP contribution in [0.5, 0.6) is 6.01 Å². The second-order valence-electron chi connectivity index (χ2n) is 17.7. The Morgan fingerprint density at radius 2 is 1.85 bits per heavy atom. The molecule has 2 saturated heterocycles. The standard InChI is InChI=1S/C42H55N7O9S2/c1-24(2)31-23-59-36(43-31)29-13-11-15-32-34(29)45-39(49(32)25(3)4)57-27-18-33-35(50)46-42(38(52)47-60(54,55)41(5)16-17-41)19-26(42)12-9-7-6-8-10-14-30(37(51)48(33)20-27)44-40(53)58-28-21-56-22-28/h9,11-13,15,23-28,30,33H,6-8,10,14,16-22H2,1-5H3,(H,44,53)(H,46,50)(H,47,52)/b12-9-/t26-,27-,30+,33+,42-/m1/s1. The Morgan fingerprint density at radius 3 is 2.53 bits per heavy atom. The van der Waals surface area contributed by atoms with Crippen LogP contribution < -0.4 is 20.1 Å². The van der Waals surface area contributed by atoms with Crippen LogP contribution in [-0.4, -0.2) is 106 Å². The number of thiazole rings is 1.